The van der Waals surface area contributed by atoms with E-state index in [1.807, 2.05) is 6.07 Å². The van der Waals surface area contributed by atoms with Crippen LogP contribution in [-0.2, 0) is 11.3 Å². The van der Waals surface area contributed by atoms with Crippen LogP contribution in [0.1, 0.15) is 25.0 Å². The second-order valence-corrected chi connectivity index (χ2v) is 3.74. The number of aromatic hydroxyl groups is 1. The highest BCUT2D eigenvalue weighted by molar-refractivity contribution is 5.17. The Labute approximate surface area is 96.7 Å². The van der Waals surface area contributed by atoms with E-state index in [0.29, 0.717) is 0 Å². The van der Waals surface area contributed by atoms with Crippen molar-refractivity contribution < 1.29 is 9.84 Å². The number of nitrogens with one attached hydrogen (secondary N) is 1. The minimum Gasteiger partial charge on any atom is -0.506 e. The molecule has 90 valence electrons. The van der Waals surface area contributed by atoms with E-state index in [1.165, 1.54) is 12.6 Å². The SMILES string of the molecule is COCCCCCNCc1ccc(O)cn1. The minimum absolute atomic E-state index is 0.211. The number of unbranched alkanes of at least 4 members (excludes halogenated alkanes) is 2. The topological polar surface area (TPSA) is 54.4 Å². The van der Waals surface area contributed by atoms with E-state index in [4.69, 9.17) is 9.84 Å². The van der Waals surface area contributed by atoms with E-state index >= 15 is 0 Å². The molecule has 0 aliphatic carbocycles. The monoisotopic (exact) mass is 224 g/mol. The first-order valence-electron chi connectivity index (χ1n) is 5.66. The molecule has 1 rings (SSSR count). The van der Waals surface area contributed by atoms with Crippen molar-refractivity contribution in [2.24, 2.45) is 0 Å². The summed E-state index contributed by atoms with van der Waals surface area (Å²) in [6.07, 6.45) is 4.93. The number of ether oxygens (including phenoxy) is 1. The van der Waals surface area contributed by atoms with Crippen LogP contribution in [0.15, 0.2) is 18.3 Å². The van der Waals surface area contributed by atoms with Crippen molar-refractivity contribution in [3.05, 3.63) is 24.0 Å². The molecule has 0 saturated heterocycles. The first kappa shape index (κ1) is 12.9. The van der Waals surface area contributed by atoms with Crippen molar-refractivity contribution >= 4 is 0 Å². The molecule has 0 aromatic carbocycles. The van der Waals surface area contributed by atoms with Gasteiger partial charge in [0.25, 0.3) is 0 Å². The van der Waals surface area contributed by atoms with Crippen LogP contribution in [0.5, 0.6) is 5.75 Å². The molecule has 0 saturated carbocycles. The summed E-state index contributed by atoms with van der Waals surface area (Å²) in [7, 11) is 1.73. The maximum Gasteiger partial charge on any atom is 0.133 e. The Balaban J connectivity index is 2.01. The Hall–Kier alpha value is -1.13. The molecule has 0 aliphatic rings. The van der Waals surface area contributed by atoms with Gasteiger partial charge < -0.3 is 15.2 Å². The summed E-state index contributed by atoms with van der Waals surface area (Å²) in [5, 5.41) is 12.4. The second kappa shape index (κ2) is 8.07. The van der Waals surface area contributed by atoms with Crippen LogP contribution in [0.2, 0.25) is 0 Å². The Morgan fingerprint density at radius 1 is 1.31 bits per heavy atom. The highest BCUT2D eigenvalue weighted by Gasteiger charge is 1.94. The van der Waals surface area contributed by atoms with Crippen LogP contribution in [0, 0.1) is 0 Å². The third-order valence-electron chi connectivity index (χ3n) is 2.32. The van der Waals surface area contributed by atoms with E-state index in [1.54, 1.807) is 13.2 Å². The van der Waals surface area contributed by atoms with E-state index in [0.717, 1.165) is 38.2 Å². The standard InChI is InChI=1S/C12H20N2O2/c1-16-8-4-2-3-7-13-9-11-5-6-12(15)10-14-11/h5-6,10,13,15H,2-4,7-9H2,1H3. The smallest absolute Gasteiger partial charge is 0.133 e. The molecule has 4 nitrogen and oxygen atoms in total. The lowest BCUT2D eigenvalue weighted by Gasteiger charge is -2.04. The van der Waals surface area contributed by atoms with E-state index in [9.17, 15) is 0 Å². The first-order chi connectivity index (χ1) is 7.83. The predicted molar refractivity (Wildman–Crippen MR) is 63.3 cm³/mol. The van der Waals surface area contributed by atoms with Crippen LogP contribution < -0.4 is 5.32 Å². The fraction of sp³-hybridized carbons (Fsp3) is 0.583. The summed E-state index contributed by atoms with van der Waals surface area (Å²) >= 11 is 0. The Kier molecular flexibility index (Phi) is 6.53. The van der Waals surface area contributed by atoms with Crippen molar-refractivity contribution in [3.8, 4) is 5.75 Å². The highest BCUT2D eigenvalue weighted by atomic mass is 16.5. The van der Waals surface area contributed by atoms with Crippen molar-refractivity contribution in [1.29, 1.82) is 0 Å². The Morgan fingerprint density at radius 2 is 2.19 bits per heavy atom. The Bertz CT molecular complexity index is 275. The van der Waals surface area contributed by atoms with Crippen LogP contribution in [0.4, 0.5) is 0 Å². The molecule has 1 aromatic heterocycles. The molecule has 0 spiro atoms. The zero-order chi connectivity index (χ0) is 11.6. The zero-order valence-electron chi connectivity index (χ0n) is 9.78. The fourth-order valence-electron chi connectivity index (χ4n) is 1.41. The lowest BCUT2D eigenvalue weighted by atomic mass is 10.2. The number of rotatable bonds is 8. The molecular weight excluding hydrogens is 204 g/mol. The van der Waals surface area contributed by atoms with Crippen molar-refractivity contribution in [3.63, 3.8) is 0 Å². The number of hydrogen-bond donors (Lipinski definition) is 2. The molecule has 0 unspecified atom stereocenters. The lowest BCUT2D eigenvalue weighted by Crippen LogP contribution is -2.15. The van der Waals surface area contributed by atoms with Gasteiger partial charge in [0.1, 0.15) is 5.75 Å². The largest absolute Gasteiger partial charge is 0.506 e. The summed E-state index contributed by atoms with van der Waals surface area (Å²) in [5.74, 6) is 0.211. The number of nitrogens with zero attached hydrogens (tertiary/aromatic N) is 1. The maximum absolute atomic E-state index is 9.05. The Morgan fingerprint density at radius 3 is 2.88 bits per heavy atom. The van der Waals surface area contributed by atoms with Gasteiger partial charge in [-0.3, -0.25) is 4.98 Å². The average Bonchev–Trinajstić information content (AvgIpc) is 2.30. The van der Waals surface area contributed by atoms with Crippen molar-refractivity contribution in [1.82, 2.24) is 10.3 Å². The van der Waals surface area contributed by atoms with E-state index in [-0.39, 0.29) is 5.75 Å². The molecule has 1 heterocycles. The molecule has 0 radical (unpaired) electrons. The fourth-order valence-corrected chi connectivity index (χ4v) is 1.41. The number of aromatic nitrogens is 1. The third kappa shape index (κ3) is 5.68. The van der Waals surface area contributed by atoms with Crippen molar-refractivity contribution in [2.45, 2.75) is 25.8 Å². The van der Waals surface area contributed by atoms with Gasteiger partial charge >= 0.3 is 0 Å². The van der Waals surface area contributed by atoms with Gasteiger partial charge in [0.05, 0.1) is 11.9 Å². The number of hydrogen-bond acceptors (Lipinski definition) is 4. The summed E-state index contributed by atoms with van der Waals surface area (Å²) in [6.45, 7) is 2.59. The summed E-state index contributed by atoms with van der Waals surface area (Å²) in [4.78, 5) is 4.09. The maximum atomic E-state index is 9.05. The molecule has 0 fully saturated rings. The molecule has 0 amide bonds. The van der Waals surface area contributed by atoms with Crippen LogP contribution >= 0.6 is 0 Å². The predicted octanol–water partition coefficient (Wildman–Crippen LogP) is 1.69. The molecule has 0 atom stereocenters. The number of methoxy groups -OCH3 is 1. The molecule has 0 aliphatic heterocycles. The van der Waals surface area contributed by atoms with Crippen LogP contribution in [-0.4, -0.2) is 30.4 Å². The summed E-state index contributed by atoms with van der Waals surface area (Å²) < 4.78 is 4.97. The van der Waals surface area contributed by atoms with Gasteiger partial charge in [-0.1, -0.05) is 0 Å². The number of pyridine rings is 1. The lowest BCUT2D eigenvalue weighted by molar-refractivity contribution is 0.192. The van der Waals surface area contributed by atoms with Gasteiger partial charge in [-0.2, -0.15) is 0 Å². The third-order valence-corrected chi connectivity index (χ3v) is 2.32. The highest BCUT2D eigenvalue weighted by Crippen LogP contribution is 2.05. The van der Waals surface area contributed by atoms with Crippen LogP contribution in [0.25, 0.3) is 0 Å². The molecule has 4 heteroatoms. The van der Waals surface area contributed by atoms with Gasteiger partial charge in [-0.15, -0.1) is 0 Å². The molecular formula is C12H20N2O2. The van der Waals surface area contributed by atoms with Crippen molar-refractivity contribution in [2.75, 3.05) is 20.3 Å². The van der Waals surface area contributed by atoms with E-state index in [2.05, 4.69) is 10.3 Å². The first-order valence-corrected chi connectivity index (χ1v) is 5.66. The molecule has 16 heavy (non-hydrogen) atoms. The van der Waals surface area contributed by atoms with Gasteiger partial charge in [0, 0.05) is 20.3 Å². The van der Waals surface area contributed by atoms with Gasteiger partial charge in [0.15, 0.2) is 0 Å². The minimum atomic E-state index is 0.211. The zero-order valence-corrected chi connectivity index (χ0v) is 9.78. The van der Waals surface area contributed by atoms with Gasteiger partial charge in [0.2, 0.25) is 0 Å². The normalized spacial score (nSPS) is 10.6. The van der Waals surface area contributed by atoms with Gasteiger partial charge in [-0.05, 0) is 37.9 Å². The van der Waals surface area contributed by atoms with Crippen LogP contribution in [0.3, 0.4) is 0 Å². The average molecular weight is 224 g/mol. The molecule has 1 aromatic rings. The quantitative estimate of drug-likeness (QED) is 0.660. The molecule has 2 N–H and O–H groups in total. The van der Waals surface area contributed by atoms with E-state index < -0.39 is 0 Å². The second-order valence-electron chi connectivity index (χ2n) is 3.74. The summed E-state index contributed by atoms with van der Waals surface area (Å²) in [6, 6.07) is 3.48. The van der Waals surface area contributed by atoms with Gasteiger partial charge in [-0.25, -0.2) is 0 Å². The summed E-state index contributed by atoms with van der Waals surface area (Å²) in [5.41, 5.74) is 0.953. The molecule has 0 bridgehead atoms.